The Morgan fingerprint density at radius 1 is 0.200 bits per heavy atom. The summed E-state index contributed by atoms with van der Waals surface area (Å²) < 4.78 is 0. The van der Waals surface area contributed by atoms with Crippen LogP contribution in [0.2, 0.25) is 0 Å². The van der Waals surface area contributed by atoms with Crippen molar-refractivity contribution in [2.45, 2.75) is 0 Å². The second-order valence-corrected chi connectivity index (χ2v) is 25.0. The Bertz CT molecular complexity index is 6230. The SMILES string of the molecule is C=Cc1ccc2c3ccc(-c4cccc(-c5ccc(-c6cc(-c7nc(-c8ccncc8)nc(-c8ccccc8-c8cccc(-c9ccc%10c%11ccc(C=C)cc%11c%11ccccc%11c%10c9)c8)n7)ccn6)cc5-c5nc(-c6ccncc6)cc(-c6ccncc6)n5)c4)cc3c3ccccc3c2c1. The molecule has 9 heteroatoms. The number of benzene rings is 12. The van der Waals surface area contributed by atoms with E-state index in [2.05, 4.69) is 240 Å². The van der Waals surface area contributed by atoms with E-state index in [1.165, 1.54) is 64.6 Å². The molecule has 9 nitrogen and oxygen atoms in total. The Kier molecular flexibility index (Phi) is 14.6. The van der Waals surface area contributed by atoms with Crippen LogP contribution in [0.4, 0.5) is 0 Å². The molecule has 466 valence electrons. The average molecular weight is 1280 g/mol. The number of rotatable bonds is 13. The third-order valence-electron chi connectivity index (χ3n) is 19.2. The van der Waals surface area contributed by atoms with Gasteiger partial charge in [-0.3, -0.25) is 19.9 Å². The summed E-state index contributed by atoms with van der Waals surface area (Å²) in [7, 11) is 0. The minimum atomic E-state index is 0.487. The van der Waals surface area contributed by atoms with Crippen molar-refractivity contribution in [2.75, 3.05) is 0 Å². The molecule has 0 fully saturated rings. The summed E-state index contributed by atoms with van der Waals surface area (Å²) in [4.78, 5) is 44.9. The molecule has 0 aliphatic rings. The van der Waals surface area contributed by atoms with Gasteiger partial charge >= 0.3 is 0 Å². The fraction of sp³-hybridized carbons (Fsp3) is 0. The van der Waals surface area contributed by atoms with E-state index in [4.69, 9.17) is 29.9 Å². The smallest absolute Gasteiger partial charge is 0.164 e. The van der Waals surface area contributed by atoms with Crippen molar-refractivity contribution in [1.29, 1.82) is 0 Å². The zero-order chi connectivity index (χ0) is 66.6. The van der Waals surface area contributed by atoms with Gasteiger partial charge in [-0.15, -0.1) is 0 Å². The van der Waals surface area contributed by atoms with Crippen LogP contribution in [-0.2, 0) is 0 Å². The molecule has 0 radical (unpaired) electrons. The lowest BCUT2D eigenvalue weighted by Gasteiger charge is -2.16. The van der Waals surface area contributed by atoms with Gasteiger partial charge in [0.25, 0.3) is 0 Å². The lowest BCUT2D eigenvalue weighted by Crippen LogP contribution is -2.01. The second kappa shape index (κ2) is 24.9. The molecule has 0 amide bonds. The normalized spacial score (nSPS) is 11.5. The molecule has 0 unspecified atom stereocenters. The first-order chi connectivity index (χ1) is 49.4. The van der Waals surface area contributed by atoms with Crippen LogP contribution in [0, 0.1) is 0 Å². The Morgan fingerprint density at radius 3 is 1.11 bits per heavy atom. The molecule has 18 rings (SSSR count). The molecule has 0 saturated carbocycles. The monoisotopic (exact) mass is 1280 g/mol. The summed E-state index contributed by atoms with van der Waals surface area (Å²) in [5.74, 6) is 2.07. The highest BCUT2D eigenvalue weighted by atomic mass is 15.0. The van der Waals surface area contributed by atoms with Crippen molar-refractivity contribution in [3.8, 4) is 124 Å². The van der Waals surface area contributed by atoms with E-state index in [0.29, 0.717) is 29.0 Å². The van der Waals surface area contributed by atoms with Gasteiger partial charge in [-0.2, -0.15) is 0 Å². The average Bonchev–Trinajstić information content (AvgIpc) is 0.748. The van der Waals surface area contributed by atoms with Crippen LogP contribution in [0.25, 0.3) is 201 Å². The summed E-state index contributed by atoms with van der Waals surface area (Å²) in [5, 5.41) is 14.5. The van der Waals surface area contributed by atoms with Crippen molar-refractivity contribution >= 4 is 76.8 Å². The predicted octanol–water partition coefficient (Wildman–Crippen LogP) is 22.8. The van der Waals surface area contributed by atoms with E-state index >= 15 is 0 Å². The lowest BCUT2D eigenvalue weighted by atomic mass is 9.90. The molecule has 0 spiro atoms. The van der Waals surface area contributed by atoms with Gasteiger partial charge in [0, 0.05) is 82.3 Å². The Hall–Kier alpha value is -13.6. The first-order valence-corrected chi connectivity index (χ1v) is 33.2. The largest absolute Gasteiger partial charge is 0.265 e. The summed E-state index contributed by atoms with van der Waals surface area (Å²) in [6, 6.07) is 94.4. The van der Waals surface area contributed by atoms with E-state index in [0.717, 1.165) is 106 Å². The molecule has 12 aromatic carbocycles. The van der Waals surface area contributed by atoms with Crippen molar-refractivity contribution in [1.82, 2.24) is 44.9 Å². The zero-order valence-electron chi connectivity index (χ0n) is 54.0. The number of aromatic nitrogens is 9. The summed E-state index contributed by atoms with van der Waals surface area (Å²) in [6.45, 7) is 8.13. The minimum Gasteiger partial charge on any atom is -0.265 e. The molecule has 0 N–H and O–H groups in total. The highest BCUT2D eigenvalue weighted by Crippen LogP contribution is 2.44. The van der Waals surface area contributed by atoms with Gasteiger partial charge in [0.05, 0.1) is 17.1 Å². The Labute approximate surface area is 576 Å². The van der Waals surface area contributed by atoms with Gasteiger partial charge < -0.3 is 0 Å². The van der Waals surface area contributed by atoms with Crippen molar-refractivity contribution in [3.63, 3.8) is 0 Å². The van der Waals surface area contributed by atoms with E-state index in [1.54, 1.807) is 37.2 Å². The van der Waals surface area contributed by atoms with Gasteiger partial charge in [0.2, 0.25) is 0 Å². The molecule has 6 aromatic heterocycles. The van der Waals surface area contributed by atoms with Gasteiger partial charge in [-0.25, -0.2) is 24.9 Å². The predicted molar refractivity (Wildman–Crippen MR) is 412 cm³/mol. The fourth-order valence-corrected chi connectivity index (χ4v) is 14.3. The van der Waals surface area contributed by atoms with Crippen LogP contribution < -0.4 is 0 Å². The van der Waals surface area contributed by atoms with E-state index in [9.17, 15) is 0 Å². The fourth-order valence-electron chi connectivity index (χ4n) is 14.3. The van der Waals surface area contributed by atoms with Gasteiger partial charge in [-0.1, -0.05) is 195 Å². The van der Waals surface area contributed by atoms with Crippen molar-refractivity contribution in [3.05, 3.63) is 335 Å². The number of pyridine rings is 4. The molecule has 0 aliphatic heterocycles. The maximum Gasteiger partial charge on any atom is 0.164 e. The zero-order valence-corrected chi connectivity index (χ0v) is 54.0. The van der Waals surface area contributed by atoms with E-state index < -0.39 is 0 Å². The van der Waals surface area contributed by atoms with Crippen LogP contribution in [0.3, 0.4) is 0 Å². The van der Waals surface area contributed by atoms with Crippen LogP contribution in [0.1, 0.15) is 11.1 Å². The minimum absolute atomic E-state index is 0.487. The maximum atomic E-state index is 5.41. The molecule has 0 atom stereocenters. The Morgan fingerprint density at radius 2 is 0.590 bits per heavy atom. The van der Waals surface area contributed by atoms with Crippen LogP contribution >= 0.6 is 0 Å². The van der Waals surface area contributed by atoms with Gasteiger partial charge in [0.15, 0.2) is 23.3 Å². The topological polar surface area (TPSA) is 116 Å². The molecule has 6 heterocycles. The molecular formula is C91H57N9. The van der Waals surface area contributed by atoms with Crippen LogP contribution in [0.15, 0.2) is 323 Å². The van der Waals surface area contributed by atoms with Crippen molar-refractivity contribution in [2.24, 2.45) is 0 Å². The van der Waals surface area contributed by atoms with Crippen LogP contribution in [-0.4, -0.2) is 44.9 Å². The molecule has 100 heavy (non-hydrogen) atoms. The first-order valence-electron chi connectivity index (χ1n) is 33.2. The van der Waals surface area contributed by atoms with Crippen LogP contribution in [0.5, 0.6) is 0 Å². The highest BCUT2D eigenvalue weighted by Gasteiger charge is 2.22. The molecule has 0 saturated heterocycles. The summed E-state index contributed by atoms with van der Waals surface area (Å²) in [5.41, 5.74) is 18.7. The van der Waals surface area contributed by atoms with E-state index in [1.807, 2.05) is 72.9 Å². The molecular weight excluding hydrogens is 1220 g/mol. The standard InChI is InChI=1S/C91H57N9/c1-3-56-23-28-75-77-31-25-63(51-82(77)73-20-8-6-18-71(73)80(75)47-56)61-13-11-15-65(49-61)69-17-5-10-22-79(69)90-99-88(60-37-44-94-45-38-60)98-89(100-90)68-39-46-95-85(54-68)67-27-30-70(84(53-67)91-96-86(58-33-40-92-41-34-58)55-87(97-91)59-35-42-93-43-36-59)66-16-12-14-62(50-66)64-26-32-78-76-29-24-57(4-2)48-81(76)72-19-7-9-21-74(72)83(78)52-64/h3-55H,1-2H2. The summed E-state index contributed by atoms with van der Waals surface area (Å²) in [6.07, 6.45) is 16.3. The molecule has 18 aromatic rings. The summed E-state index contributed by atoms with van der Waals surface area (Å²) >= 11 is 0. The third kappa shape index (κ3) is 10.7. The molecule has 0 aliphatic carbocycles. The maximum absolute atomic E-state index is 5.41. The second-order valence-electron chi connectivity index (χ2n) is 25.0. The Balaban J connectivity index is 0.756. The third-order valence-corrected chi connectivity index (χ3v) is 19.2. The first kappa shape index (κ1) is 58.9. The van der Waals surface area contributed by atoms with Crippen molar-refractivity contribution < 1.29 is 0 Å². The highest BCUT2D eigenvalue weighted by molar-refractivity contribution is 6.27. The number of hydrogen-bond acceptors (Lipinski definition) is 9. The number of fused-ring (bicyclic) bond motifs is 12. The molecule has 0 bridgehead atoms. The number of hydrogen-bond donors (Lipinski definition) is 0. The van der Waals surface area contributed by atoms with Gasteiger partial charge in [0.1, 0.15) is 0 Å². The quantitative estimate of drug-likeness (QED) is 0.104. The van der Waals surface area contributed by atoms with E-state index in [-0.39, 0.29) is 0 Å². The number of nitrogens with zero attached hydrogens (tertiary/aromatic N) is 9. The van der Waals surface area contributed by atoms with Gasteiger partial charge in [-0.05, 0) is 217 Å². The lowest BCUT2D eigenvalue weighted by molar-refractivity contribution is 1.07.